The summed E-state index contributed by atoms with van der Waals surface area (Å²) in [5.74, 6) is -1.12. The molecule has 9 heteroatoms. The Labute approximate surface area is 171 Å². The van der Waals surface area contributed by atoms with Crippen molar-refractivity contribution in [2.24, 2.45) is 0 Å². The van der Waals surface area contributed by atoms with Crippen molar-refractivity contribution < 1.29 is 19.2 Å². The zero-order valence-electron chi connectivity index (χ0n) is 14.0. The predicted molar refractivity (Wildman–Crippen MR) is 106 cm³/mol. The summed E-state index contributed by atoms with van der Waals surface area (Å²) < 4.78 is 5.74. The van der Waals surface area contributed by atoms with Crippen LogP contribution in [0.25, 0.3) is 0 Å². The number of nitro benzene ring substituents is 1. The Bertz CT molecular complexity index is 922. The third-order valence-electron chi connectivity index (χ3n) is 4.17. The smallest absolute Gasteiger partial charge is 0.338 e. The van der Waals surface area contributed by atoms with Gasteiger partial charge in [0.2, 0.25) is 0 Å². The van der Waals surface area contributed by atoms with Crippen LogP contribution in [0.4, 0.5) is 11.4 Å². The number of nitrogens with zero attached hydrogens (tertiary/aromatic N) is 1. The molecule has 2 aromatic rings. The monoisotopic (exact) mass is 496 g/mol. The zero-order chi connectivity index (χ0) is 19.6. The van der Waals surface area contributed by atoms with E-state index >= 15 is 0 Å². The number of hydrogen-bond donors (Lipinski definition) is 1. The van der Waals surface area contributed by atoms with Crippen LogP contribution in [0.2, 0.25) is 0 Å². The van der Waals surface area contributed by atoms with E-state index in [1.165, 1.54) is 17.7 Å². The molecule has 0 saturated heterocycles. The van der Waals surface area contributed by atoms with Gasteiger partial charge in [-0.1, -0.05) is 6.07 Å². The van der Waals surface area contributed by atoms with Crippen molar-refractivity contribution in [3.63, 3.8) is 0 Å². The van der Waals surface area contributed by atoms with Gasteiger partial charge < -0.3 is 10.1 Å². The molecule has 1 aliphatic rings. The SMILES string of the molecule is O=C(COC(=O)c1ccc2c(c1)CCC2)Nc1c(Br)cc([N+](=O)[O-])cc1Br. The van der Waals surface area contributed by atoms with Gasteiger partial charge in [0.1, 0.15) is 0 Å². The fourth-order valence-electron chi connectivity index (χ4n) is 2.87. The van der Waals surface area contributed by atoms with Crippen LogP contribution in [0.5, 0.6) is 0 Å². The number of carbonyl (C=O) groups excluding carboxylic acids is 2. The summed E-state index contributed by atoms with van der Waals surface area (Å²) in [5.41, 5.74) is 3.00. The average Bonchev–Trinajstić information content (AvgIpc) is 3.10. The Balaban J connectivity index is 1.61. The molecular weight excluding hydrogens is 484 g/mol. The first-order chi connectivity index (χ1) is 12.8. The van der Waals surface area contributed by atoms with Crippen molar-refractivity contribution in [1.82, 2.24) is 0 Å². The second kappa shape index (κ2) is 8.18. The van der Waals surface area contributed by atoms with E-state index in [2.05, 4.69) is 37.2 Å². The van der Waals surface area contributed by atoms with Gasteiger partial charge in [0.25, 0.3) is 11.6 Å². The first-order valence-corrected chi connectivity index (χ1v) is 9.66. The number of aryl methyl sites for hydroxylation is 2. The van der Waals surface area contributed by atoms with E-state index in [1.54, 1.807) is 6.07 Å². The molecule has 1 amide bonds. The van der Waals surface area contributed by atoms with Gasteiger partial charge in [0.15, 0.2) is 6.61 Å². The molecule has 0 heterocycles. The number of ether oxygens (including phenoxy) is 1. The van der Waals surface area contributed by atoms with Crippen LogP contribution in [0.3, 0.4) is 0 Å². The summed E-state index contributed by atoms with van der Waals surface area (Å²) in [5, 5.41) is 13.4. The van der Waals surface area contributed by atoms with Crippen molar-refractivity contribution in [3.05, 3.63) is 66.1 Å². The van der Waals surface area contributed by atoms with Crippen LogP contribution in [-0.4, -0.2) is 23.4 Å². The third kappa shape index (κ3) is 4.54. The fourth-order valence-corrected chi connectivity index (χ4v) is 4.23. The van der Waals surface area contributed by atoms with Crippen LogP contribution in [0.15, 0.2) is 39.3 Å². The van der Waals surface area contributed by atoms with Crippen molar-refractivity contribution in [2.75, 3.05) is 11.9 Å². The number of amides is 1. The topological polar surface area (TPSA) is 98.5 Å². The molecule has 0 spiro atoms. The highest BCUT2D eigenvalue weighted by Gasteiger charge is 2.18. The Morgan fingerprint density at radius 2 is 1.78 bits per heavy atom. The minimum atomic E-state index is -0.568. The number of benzene rings is 2. The summed E-state index contributed by atoms with van der Waals surface area (Å²) in [6, 6.07) is 7.98. The van der Waals surface area contributed by atoms with Crippen LogP contribution >= 0.6 is 31.9 Å². The van der Waals surface area contributed by atoms with Gasteiger partial charge in [0.05, 0.1) is 16.2 Å². The Hall–Kier alpha value is -2.26. The van der Waals surface area contributed by atoms with Crippen molar-refractivity contribution >= 4 is 55.1 Å². The number of rotatable bonds is 5. The number of nitro groups is 1. The lowest BCUT2D eigenvalue weighted by atomic mass is 10.1. The molecule has 140 valence electrons. The molecule has 0 aromatic heterocycles. The van der Waals surface area contributed by atoms with Crippen LogP contribution < -0.4 is 5.32 Å². The number of esters is 1. The largest absolute Gasteiger partial charge is 0.452 e. The number of hydrogen-bond acceptors (Lipinski definition) is 5. The molecule has 0 radical (unpaired) electrons. The van der Waals surface area contributed by atoms with Gasteiger partial charge in [-0.2, -0.15) is 0 Å². The molecule has 7 nitrogen and oxygen atoms in total. The third-order valence-corrected chi connectivity index (χ3v) is 5.42. The molecule has 0 bridgehead atoms. The Kier molecular flexibility index (Phi) is 5.91. The highest BCUT2D eigenvalue weighted by molar-refractivity contribution is 9.11. The maximum atomic E-state index is 12.2. The minimum absolute atomic E-state index is 0.130. The molecule has 27 heavy (non-hydrogen) atoms. The molecule has 3 rings (SSSR count). The van der Waals surface area contributed by atoms with Gasteiger partial charge >= 0.3 is 5.97 Å². The molecular formula is C18H14Br2N2O5. The Morgan fingerprint density at radius 3 is 2.44 bits per heavy atom. The molecule has 0 unspecified atom stereocenters. The lowest BCUT2D eigenvalue weighted by molar-refractivity contribution is -0.385. The number of nitrogens with one attached hydrogen (secondary N) is 1. The van der Waals surface area contributed by atoms with Crippen molar-refractivity contribution in [3.8, 4) is 0 Å². The number of halogens is 2. The van der Waals surface area contributed by atoms with Crippen LogP contribution in [0.1, 0.15) is 27.9 Å². The van der Waals surface area contributed by atoms with E-state index in [0.29, 0.717) is 20.2 Å². The van der Waals surface area contributed by atoms with Crippen molar-refractivity contribution in [1.29, 1.82) is 0 Å². The molecule has 0 aliphatic heterocycles. The van der Waals surface area contributed by atoms with E-state index in [1.807, 2.05) is 12.1 Å². The first kappa shape index (κ1) is 19.5. The summed E-state index contributed by atoms with van der Waals surface area (Å²) in [4.78, 5) is 34.6. The van der Waals surface area contributed by atoms with E-state index in [0.717, 1.165) is 24.8 Å². The summed E-state index contributed by atoms with van der Waals surface area (Å²) in [7, 11) is 0. The first-order valence-electron chi connectivity index (χ1n) is 8.07. The average molecular weight is 498 g/mol. The van der Waals surface area contributed by atoms with E-state index < -0.39 is 23.4 Å². The summed E-state index contributed by atoms with van der Waals surface area (Å²) in [6.07, 6.45) is 3.04. The van der Waals surface area contributed by atoms with Crippen LogP contribution in [0, 0.1) is 10.1 Å². The maximum Gasteiger partial charge on any atom is 0.338 e. The molecule has 0 saturated carbocycles. The van der Waals surface area contributed by atoms with E-state index in [4.69, 9.17) is 4.74 Å². The van der Waals surface area contributed by atoms with Gasteiger partial charge in [-0.15, -0.1) is 0 Å². The van der Waals surface area contributed by atoms with Gasteiger partial charge in [-0.25, -0.2) is 4.79 Å². The molecule has 1 N–H and O–H groups in total. The minimum Gasteiger partial charge on any atom is -0.452 e. The van der Waals surface area contributed by atoms with E-state index in [-0.39, 0.29) is 5.69 Å². The standard InChI is InChI=1S/C18H14Br2N2O5/c19-14-7-13(22(25)26)8-15(20)17(14)21-16(23)9-27-18(24)12-5-4-10-2-1-3-11(10)6-12/h4-8H,1-3,9H2,(H,21,23). The van der Waals surface area contributed by atoms with E-state index in [9.17, 15) is 19.7 Å². The zero-order valence-corrected chi connectivity index (χ0v) is 17.1. The highest BCUT2D eigenvalue weighted by Crippen LogP contribution is 2.35. The lowest BCUT2D eigenvalue weighted by Crippen LogP contribution is -2.21. The van der Waals surface area contributed by atoms with Gasteiger partial charge in [-0.3, -0.25) is 14.9 Å². The molecule has 0 fully saturated rings. The summed E-state index contributed by atoms with van der Waals surface area (Å²) in [6.45, 7) is -0.466. The maximum absolute atomic E-state index is 12.2. The number of anilines is 1. The molecule has 1 aliphatic carbocycles. The molecule has 0 atom stereocenters. The highest BCUT2D eigenvalue weighted by atomic mass is 79.9. The summed E-state index contributed by atoms with van der Waals surface area (Å²) >= 11 is 6.37. The fraction of sp³-hybridized carbons (Fsp3) is 0.222. The normalized spacial score (nSPS) is 12.4. The lowest BCUT2D eigenvalue weighted by Gasteiger charge is -2.10. The quantitative estimate of drug-likeness (QED) is 0.375. The second-order valence-corrected chi connectivity index (χ2v) is 7.71. The second-order valence-electron chi connectivity index (χ2n) is 6.00. The van der Waals surface area contributed by atoms with Gasteiger partial charge in [-0.05, 0) is 74.4 Å². The number of fused-ring (bicyclic) bond motifs is 1. The van der Waals surface area contributed by atoms with Gasteiger partial charge in [0, 0.05) is 21.1 Å². The van der Waals surface area contributed by atoms with Crippen molar-refractivity contribution in [2.45, 2.75) is 19.3 Å². The number of non-ortho nitro benzene ring substituents is 1. The van der Waals surface area contributed by atoms with Crippen LogP contribution in [-0.2, 0) is 22.4 Å². The Morgan fingerprint density at radius 1 is 1.11 bits per heavy atom. The molecule has 2 aromatic carbocycles. The number of carbonyl (C=O) groups is 2. The predicted octanol–water partition coefficient (Wildman–Crippen LogP) is 4.40.